The highest BCUT2D eigenvalue weighted by Gasteiger charge is 2.22. The first-order valence-electron chi connectivity index (χ1n) is 11.4. The van der Waals surface area contributed by atoms with Crippen LogP contribution in [0.5, 0.6) is 0 Å². The molecule has 0 heterocycles. The maximum absolute atomic E-state index is 13.1. The van der Waals surface area contributed by atoms with Crippen LogP contribution >= 0.6 is 0 Å². The van der Waals surface area contributed by atoms with Crippen LogP contribution in [-0.2, 0) is 16.1 Å². The van der Waals surface area contributed by atoms with Crippen LogP contribution in [0.3, 0.4) is 0 Å². The number of hydrogen-bond donors (Lipinski definition) is 1. The van der Waals surface area contributed by atoms with Crippen molar-refractivity contribution in [1.82, 2.24) is 9.80 Å². The third-order valence-corrected chi connectivity index (χ3v) is 5.76. The van der Waals surface area contributed by atoms with Gasteiger partial charge in [0, 0.05) is 18.8 Å². The van der Waals surface area contributed by atoms with E-state index in [-0.39, 0.29) is 11.9 Å². The number of nitrogens with zero attached hydrogens (tertiary/aromatic N) is 3. The molecule has 0 aromatic heterocycles. The highest BCUT2D eigenvalue weighted by molar-refractivity contribution is 5.96. The fraction of sp³-hybridized carbons (Fsp3) is 0.423. The van der Waals surface area contributed by atoms with Gasteiger partial charge >= 0.3 is 5.97 Å². The summed E-state index contributed by atoms with van der Waals surface area (Å²) in [6.45, 7) is 10.5. The summed E-state index contributed by atoms with van der Waals surface area (Å²) in [5.74, 6) is -0.591. The molecular weight excluding hydrogens is 416 g/mol. The molecule has 1 atom stereocenters. The maximum atomic E-state index is 13.1. The number of nitriles is 1. The molecule has 0 aliphatic heterocycles. The van der Waals surface area contributed by atoms with Crippen LogP contribution in [0.4, 0.5) is 5.69 Å². The molecule has 0 aliphatic rings. The van der Waals surface area contributed by atoms with E-state index in [4.69, 9.17) is 10.00 Å². The van der Waals surface area contributed by atoms with Crippen molar-refractivity contribution in [3.8, 4) is 6.07 Å². The monoisotopic (exact) mass is 450 g/mol. The molecule has 0 fully saturated rings. The van der Waals surface area contributed by atoms with Gasteiger partial charge in [-0.15, -0.1) is 0 Å². The van der Waals surface area contributed by atoms with Gasteiger partial charge in [0.2, 0.25) is 5.91 Å². The van der Waals surface area contributed by atoms with Gasteiger partial charge in [0.25, 0.3) is 0 Å². The second-order valence-corrected chi connectivity index (χ2v) is 7.90. The highest BCUT2D eigenvalue weighted by Crippen LogP contribution is 2.15. The second kappa shape index (κ2) is 13.4. The van der Waals surface area contributed by atoms with Crippen LogP contribution in [0.2, 0.25) is 0 Å². The summed E-state index contributed by atoms with van der Waals surface area (Å²) in [5, 5.41) is 12.0. The summed E-state index contributed by atoms with van der Waals surface area (Å²) in [7, 11) is 1.33. The van der Waals surface area contributed by atoms with Gasteiger partial charge in [-0.05, 0) is 68.9 Å². The Morgan fingerprint density at radius 1 is 1.09 bits per heavy atom. The van der Waals surface area contributed by atoms with E-state index in [9.17, 15) is 9.59 Å². The third-order valence-electron chi connectivity index (χ3n) is 5.76. The maximum Gasteiger partial charge on any atom is 0.337 e. The van der Waals surface area contributed by atoms with Gasteiger partial charge in [0.1, 0.15) is 0 Å². The third kappa shape index (κ3) is 8.01. The summed E-state index contributed by atoms with van der Waals surface area (Å²) in [5.41, 5.74) is 2.60. The van der Waals surface area contributed by atoms with Gasteiger partial charge in [-0.1, -0.05) is 32.0 Å². The van der Waals surface area contributed by atoms with E-state index in [1.807, 2.05) is 19.1 Å². The number of amides is 1. The number of anilines is 1. The predicted octanol–water partition coefficient (Wildman–Crippen LogP) is 3.91. The minimum atomic E-state index is -0.446. The number of ether oxygens (including phenoxy) is 1. The Kier molecular flexibility index (Phi) is 10.5. The van der Waals surface area contributed by atoms with E-state index in [1.165, 1.54) is 7.11 Å². The Bertz CT molecular complexity index is 949. The molecule has 7 heteroatoms. The van der Waals surface area contributed by atoms with Crippen molar-refractivity contribution in [3.63, 3.8) is 0 Å². The van der Waals surface area contributed by atoms with Crippen molar-refractivity contribution >= 4 is 17.6 Å². The van der Waals surface area contributed by atoms with E-state index in [1.54, 1.807) is 36.4 Å². The first-order valence-corrected chi connectivity index (χ1v) is 11.4. The molecule has 1 amide bonds. The lowest BCUT2D eigenvalue weighted by Crippen LogP contribution is -2.43. The van der Waals surface area contributed by atoms with E-state index in [2.05, 4.69) is 35.0 Å². The molecule has 1 N–H and O–H groups in total. The van der Waals surface area contributed by atoms with E-state index in [0.717, 1.165) is 38.2 Å². The zero-order valence-electron chi connectivity index (χ0n) is 20.0. The summed E-state index contributed by atoms with van der Waals surface area (Å²) < 4.78 is 4.76. The number of nitrogens with one attached hydrogen (secondary N) is 1. The lowest BCUT2D eigenvalue weighted by Gasteiger charge is -2.29. The minimum absolute atomic E-state index is 0.145. The molecule has 0 saturated heterocycles. The van der Waals surface area contributed by atoms with Gasteiger partial charge in [0.15, 0.2) is 0 Å². The van der Waals surface area contributed by atoms with Crippen molar-refractivity contribution in [2.24, 2.45) is 0 Å². The standard InChI is InChI=1S/C26H34N4O3/c1-5-29(6-2)15-8-16-30(19-22-13-11-21(18-27)12-14-22)20(3)25(31)28-24-10-7-9-23(17-24)26(32)33-4/h7,9-14,17,20H,5-6,8,15-16,19H2,1-4H3,(H,28,31). The van der Waals surface area contributed by atoms with E-state index >= 15 is 0 Å². The smallest absolute Gasteiger partial charge is 0.337 e. The molecule has 0 radical (unpaired) electrons. The zero-order valence-corrected chi connectivity index (χ0v) is 20.0. The quantitative estimate of drug-likeness (QED) is 0.494. The van der Waals surface area contributed by atoms with Crippen LogP contribution in [-0.4, -0.2) is 61.0 Å². The number of esters is 1. The Morgan fingerprint density at radius 3 is 2.39 bits per heavy atom. The lowest BCUT2D eigenvalue weighted by molar-refractivity contribution is -0.121. The number of hydrogen-bond acceptors (Lipinski definition) is 6. The number of carbonyl (C=O) groups is 2. The van der Waals surface area contributed by atoms with Crippen LogP contribution in [0.1, 0.15) is 48.7 Å². The Morgan fingerprint density at radius 2 is 1.79 bits per heavy atom. The van der Waals surface area contributed by atoms with Gasteiger partial charge in [-0.2, -0.15) is 5.26 Å². The largest absolute Gasteiger partial charge is 0.465 e. The molecule has 33 heavy (non-hydrogen) atoms. The van der Waals surface area contributed by atoms with Crippen LogP contribution < -0.4 is 5.32 Å². The summed E-state index contributed by atoms with van der Waals surface area (Å²) >= 11 is 0. The molecule has 1 unspecified atom stereocenters. The molecule has 0 aliphatic carbocycles. The molecule has 0 bridgehead atoms. The normalized spacial score (nSPS) is 11.8. The Hall–Kier alpha value is -3.21. The molecule has 7 nitrogen and oxygen atoms in total. The topological polar surface area (TPSA) is 85.7 Å². The van der Waals surface area contributed by atoms with Crippen LogP contribution in [0.15, 0.2) is 48.5 Å². The fourth-order valence-electron chi connectivity index (χ4n) is 3.62. The number of benzene rings is 2. The molecular formula is C26H34N4O3. The summed E-state index contributed by atoms with van der Waals surface area (Å²) in [4.78, 5) is 29.4. The molecule has 176 valence electrons. The first-order chi connectivity index (χ1) is 15.9. The van der Waals surface area contributed by atoms with Crippen LogP contribution in [0.25, 0.3) is 0 Å². The molecule has 0 saturated carbocycles. The van der Waals surface area contributed by atoms with Gasteiger partial charge in [0.05, 0.1) is 30.3 Å². The average Bonchev–Trinajstić information content (AvgIpc) is 2.85. The van der Waals surface area contributed by atoms with Crippen molar-refractivity contribution in [2.45, 2.75) is 39.8 Å². The number of carbonyl (C=O) groups excluding carboxylic acids is 2. The van der Waals surface area contributed by atoms with E-state index < -0.39 is 5.97 Å². The second-order valence-electron chi connectivity index (χ2n) is 7.90. The minimum Gasteiger partial charge on any atom is -0.465 e. The van der Waals surface area contributed by atoms with Crippen molar-refractivity contribution < 1.29 is 14.3 Å². The Balaban J connectivity index is 2.12. The predicted molar refractivity (Wildman–Crippen MR) is 130 cm³/mol. The molecule has 2 aromatic rings. The molecule has 2 aromatic carbocycles. The van der Waals surface area contributed by atoms with Crippen molar-refractivity contribution in [2.75, 3.05) is 38.6 Å². The van der Waals surface area contributed by atoms with Crippen molar-refractivity contribution in [3.05, 3.63) is 65.2 Å². The van der Waals surface area contributed by atoms with Gasteiger partial charge < -0.3 is 15.0 Å². The first kappa shape index (κ1) is 26.0. The highest BCUT2D eigenvalue weighted by atomic mass is 16.5. The van der Waals surface area contributed by atoms with Gasteiger partial charge in [-0.3, -0.25) is 9.69 Å². The van der Waals surface area contributed by atoms with Crippen molar-refractivity contribution in [1.29, 1.82) is 5.26 Å². The van der Waals surface area contributed by atoms with Crippen LogP contribution in [0, 0.1) is 11.3 Å². The number of rotatable bonds is 12. The fourth-order valence-corrected chi connectivity index (χ4v) is 3.62. The average molecular weight is 451 g/mol. The zero-order chi connectivity index (χ0) is 24.2. The van der Waals surface area contributed by atoms with Gasteiger partial charge in [-0.25, -0.2) is 4.79 Å². The lowest BCUT2D eigenvalue weighted by atomic mass is 10.1. The summed E-state index contributed by atoms with van der Waals surface area (Å²) in [6, 6.07) is 15.9. The summed E-state index contributed by atoms with van der Waals surface area (Å²) in [6.07, 6.45) is 0.938. The number of methoxy groups -OCH3 is 1. The Labute approximate surface area is 196 Å². The SMILES string of the molecule is CCN(CC)CCCN(Cc1ccc(C#N)cc1)C(C)C(=O)Nc1cccc(C(=O)OC)c1. The van der Waals surface area contributed by atoms with E-state index in [0.29, 0.717) is 23.4 Å². The molecule has 0 spiro atoms. The molecule has 2 rings (SSSR count).